The molecule has 36 heavy (non-hydrogen) atoms. The summed E-state index contributed by atoms with van der Waals surface area (Å²) in [6.45, 7) is 3.80. The minimum atomic E-state index is -0.236. The van der Waals surface area contributed by atoms with Crippen LogP contribution in [0, 0.1) is 5.82 Å². The number of rotatable bonds is 8. The molecule has 0 radical (unpaired) electrons. The summed E-state index contributed by atoms with van der Waals surface area (Å²) < 4.78 is 15.5. The molecule has 4 aromatic rings. The molecule has 1 aliphatic rings. The van der Waals surface area contributed by atoms with Crippen molar-refractivity contribution in [3.63, 3.8) is 0 Å². The van der Waals surface area contributed by atoms with Gasteiger partial charge in [0, 0.05) is 38.4 Å². The minimum absolute atomic E-state index is 0.204. The molecular weight excluding hydrogens is 479 g/mol. The lowest BCUT2D eigenvalue weighted by Gasteiger charge is -2.32. The van der Waals surface area contributed by atoms with Crippen molar-refractivity contribution < 1.29 is 9.18 Å². The molecule has 0 atom stereocenters. The molecule has 7 nitrogen and oxygen atoms in total. The maximum Gasteiger partial charge on any atom is 0.254 e. The molecule has 0 unspecified atom stereocenters. The third-order valence-electron chi connectivity index (χ3n) is 6.55. The smallest absolute Gasteiger partial charge is 0.254 e. The molecule has 2 N–H and O–H groups in total. The first-order chi connectivity index (χ1) is 17.6. The number of pyridine rings is 1. The van der Waals surface area contributed by atoms with Gasteiger partial charge in [0.15, 0.2) is 0 Å². The van der Waals surface area contributed by atoms with E-state index in [1.165, 1.54) is 12.1 Å². The molecule has 1 aliphatic heterocycles. The maximum absolute atomic E-state index is 13.4. The van der Waals surface area contributed by atoms with Crippen LogP contribution in [0.1, 0.15) is 28.8 Å². The summed E-state index contributed by atoms with van der Waals surface area (Å²) in [5.41, 5.74) is 3.40. The fourth-order valence-electron chi connectivity index (χ4n) is 4.58. The second kappa shape index (κ2) is 11.1. The van der Waals surface area contributed by atoms with E-state index in [2.05, 4.69) is 31.2 Å². The van der Waals surface area contributed by atoms with Crippen molar-refractivity contribution >= 4 is 34.5 Å². The average Bonchev–Trinajstić information content (AvgIpc) is 3.23. The number of para-hydroxylation sites is 2. The molecule has 5 rings (SSSR count). The van der Waals surface area contributed by atoms with Gasteiger partial charge in [-0.3, -0.25) is 4.79 Å². The first-order valence-electron chi connectivity index (χ1n) is 12.1. The zero-order chi connectivity index (χ0) is 24.9. The van der Waals surface area contributed by atoms with Crippen molar-refractivity contribution in [2.24, 2.45) is 0 Å². The first kappa shape index (κ1) is 24.2. The van der Waals surface area contributed by atoms with Gasteiger partial charge in [-0.05, 0) is 54.8 Å². The Hall–Kier alpha value is -3.49. The molecule has 0 spiro atoms. The van der Waals surface area contributed by atoms with Crippen LogP contribution in [0.2, 0.25) is 5.15 Å². The highest BCUT2D eigenvalue weighted by atomic mass is 35.5. The fourth-order valence-corrected chi connectivity index (χ4v) is 4.78. The van der Waals surface area contributed by atoms with Gasteiger partial charge in [0.1, 0.15) is 11.0 Å². The van der Waals surface area contributed by atoms with Gasteiger partial charge in [-0.1, -0.05) is 35.9 Å². The normalized spacial score (nSPS) is 14.7. The predicted octanol–water partition coefficient (Wildman–Crippen LogP) is 4.58. The van der Waals surface area contributed by atoms with Crippen LogP contribution in [0.4, 0.5) is 10.3 Å². The highest BCUT2D eigenvalue weighted by molar-refractivity contribution is 6.32. The quantitative estimate of drug-likeness (QED) is 0.342. The standard InChI is InChI=1S/C27H28ClFN6O/c28-25-22(4-3-13-30-25)26(36)31-14-17-34-15-11-21(12-16-34)32-27-33-23-5-1-2-6-24(23)35(27)18-19-7-9-20(29)10-8-19/h1-10,13,21H,11-12,14-18H2,(H,31,36)(H,32,33). The molecule has 0 saturated carbocycles. The van der Waals surface area contributed by atoms with Crippen LogP contribution >= 0.6 is 11.6 Å². The second-order valence-electron chi connectivity index (χ2n) is 8.99. The molecule has 0 bridgehead atoms. The number of likely N-dealkylation sites (tertiary alicyclic amines) is 1. The Morgan fingerprint density at radius 2 is 1.83 bits per heavy atom. The number of benzene rings is 2. The Morgan fingerprint density at radius 3 is 2.61 bits per heavy atom. The molecular formula is C27H28ClFN6O. The van der Waals surface area contributed by atoms with E-state index in [4.69, 9.17) is 16.6 Å². The van der Waals surface area contributed by atoms with Crippen LogP contribution < -0.4 is 10.6 Å². The van der Waals surface area contributed by atoms with Crippen LogP contribution in [0.25, 0.3) is 11.0 Å². The zero-order valence-electron chi connectivity index (χ0n) is 19.8. The van der Waals surface area contributed by atoms with E-state index < -0.39 is 0 Å². The van der Waals surface area contributed by atoms with Crippen molar-refractivity contribution in [1.29, 1.82) is 0 Å². The summed E-state index contributed by atoms with van der Waals surface area (Å²) in [6.07, 6.45) is 3.51. The minimum Gasteiger partial charge on any atom is -0.353 e. The van der Waals surface area contributed by atoms with E-state index in [9.17, 15) is 9.18 Å². The van der Waals surface area contributed by atoms with Crippen molar-refractivity contribution in [1.82, 2.24) is 24.8 Å². The Bertz CT molecular complexity index is 1330. The van der Waals surface area contributed by atoms with Gasteiger partial charge in [0.2, 0.25) is 5.95 Å². The van der Waals surface area contributed by atoms with E-state index >= 15 is 0 Å². The predicted molar refractivity (Wildman–Crippen MR) is 140 cm³/mol. The first-order valence-corrected chi connectivity index (χ1v) is 12.5. The number of halogens is 2. The Morgan fingerprint density at radius 1 is 1.06 bits per heavy atom. The summed E-state index contributed by atoms with van der Waals surface area (Å²) in [4.78, 5) is 23.5. The zero-order valence-corrected chi connectivity index (χ0v) is 20.6. The lowest BCUT2D eigenvalue weighted by molar-refractivity contribution is 0.0946. The fraction of sp³-hybridized carbons (Fsp3) is 0.296. The SMILES string of the molecule is O=C(NCCN1CCC(Nc2nc3ccccc3n2Cc2ccc(F)cc2)CC1)c1cccnc1Cl. The Labute approximate surface area is 214 Å². The van der Waals surface area contributed by atoms with Gasteiger partial charge in [-0.15, -0.1) is 0 Å². The molecule has 3 heterocycles. The summed E-state index contributed by atoms with van der Waals surface area (Å²) in [5, 5.41) is 6.80. The van der Waals surface area contributed by atoms with Crippen LogP contribution in [-0.4, -0.2) is 57.6 Å². The highest BCUT2D eigenvalue weighted by Gasteiger charge is 2.21. The molecule has 0 aliphatic carbocycles. The van der Waals surface area contributed by atoms with Crippen LogP contribution in [-0.2, 0) is 6.54 Å². The van der Waals surface area contributed by atoms with Gasteiger partial charge in [0.05, 0.1) is 23.1 Å². The number of aromatic nitrogens is 3. The number of piperidine rings is 1. The van der Waals surface area contributed by atoms with E-state index in [0.29, 0.717) is 24.7 Å². The summed E-state index contributed by atoms with van der Waals surface area (Å²) in [7, 11) is 0. The van der Waals surface area contributed by atoms with Gasteiger partial charge in [-0.25, -0.2) is 14.4 Å². The number of carbonyl (C=O) groups is 1. The Balaban J connectivity index is 1.16. The number of amides is 1. The number of nitrogens with zero attached hydrogens (tertiary/aromatic N) is 4. The summed E-state index contributed by atoms with van der Waals surface area (Å²) in [6, 6.07) is 18.3. The highest BCUT2D eigenvalue weighted by Crippen LogP contribution is 2.24. The number of fused-ring (bicyclic) bond motifs is 1. The maximum atomic E-state index is 13.4. The van der Waals surface area contributed by atoms with E-state index in [-0.39, 0.29) is 16.9 Å². The third kappa shape index (κ3) is 5.66. The van der Waals surface area contributed by atoms with Crippen molar-refractivity contribution in [3.05, 3.63) is 89.0 Å². The van der Waals surface area contributed by atoms with Crippen LogP contribution in [0.15, 0.2) is 66.9 Å². The molecule has 9 heteroatoms. The second-order valence-corrected chi connectivity index (χ2v) is 9.35. The third-order valence-corrected chi connectivity index (χ3v) is 6.85. The Kier molecular flexibility index (Phi) is 7.44. The van der Waals surface area contributed by atoms with E-state index in [0.717, 1.165) is 55.0 Å². The summed E-state index contributed by atoms with van der Waals surface area (Å²) in [5.74, 6) is 0.393. The molecule has 1 saturated heterocycles. The average molecular weight is 507 g/mol. The molecule has 2 aromatic heterocycles. The number of nitrogens with one attached hydrogen (secondary N) is 2. The molecule has 186 valence electrons. The van der Waals surface area contributed by atoms with Crippen molar-refractivity contribution in [3.8, 4) is 0 Å². The number of imidazole rings is 1. The van der Waals surface area contributed by atoms with Gasteiger partial charge >= 0.3 is 0 Å². The molecule has 1 amide bonds. The van der Waals surface area contributed by atoms with Crippen LogP contribution in [0.5, 0.6) is 0 Å². The van der Waals surface area contributed by atoms with Crippen molar-refractivity contribution in [2.45, 2.75) is 25.4 Å². The molecule has 1 fully saturated rings. The number of hydrogen-bond donors (Lipinski definition) is 2. The van der Waals surface area contributed by atoms with E-state index in [1.807, 2.05) is 30.3 Å². The van der Waals surface area contributed by atoms with Gasteiger partial charge < -0.3 is 20.1 Å². The largest absolute Gasteiger partial charge is 0.353 e. The lowest BCUT2D eigenvalue weighted by atomic mass is 10.1. The topological polar surface area (TPSA) is 75.1 Å². The van der Waals surface area contributed by atoms with Crippen LogP contribution in [0.3, 0.4) is 0 Å². The van der Waals surface area contributed by atoms with E-state index in [1.54, 1.807) is 18.3 Å². The number of carbonyl (C=O) groups excluding carboxylic acids is 1. The number of anilines is 1. The van der Waals surface area contributed by atoms with Gasteiger partial charge in [-0.2, -0.15) is 0 Å². The monoisotopic (exact) mass is 506 g/mol. The van der Waals surface area contributed by atoms with Crippen molar-refractivity contribution in [2.75, 3.05) is 31.5 Å². The lowest BCUT2D eigenvalue weighted by Crippen LogP contribution is -2.43. The summed E-state index contributed by atoms with van der Waals surface area (Å²) >= 11 is 6.01. The number of hydrogen-bond acceptors (Lipinski definition) is 5. The van der Waals surface area contributed by atoms with Gasteiger partial charge in [0.25, 0.3) is 5.91 Å². The molecule has 2 aromatic carbocycles.